The quantitative estimate of drug-likeness (QED) is 0.124. The summed E-state index contributed by atoms with van der Waals surface area (Å²) in [7, 11) is 4.42. The number of quaternary nitrogens is 1. The Labute approximate surface area is 325 Å². The van der Waals surface area contributed by atoms with Gasteiger partial charge in [-0.2, -0.15) is 0 Å². The Morgan fingerprint density at radius 2 is 1.42 bits per heavy atom. The fraction of sp³-hybridized carbons (Fsp3) is 0.897. The number of esters is 3. The maximum Gasteiger partial charge on any atom is 0.311 e. The molecule has 8 unspecified atom stereocenters. The van der Waals surface area contributed by atoms with Crippen LogP contribution in [-0.4, -0.2) is 140 Å². The van der Waals surface area contributed by atoms with Crippen LogP contribution in [0.2, 0.25) is 0 Å². The molecule has 0 aromatic heterocycles. The highest BCUT2D eigenvalue weighted by molar-refractivity contribution is 5.92. The summed E-state index contributed by atoms with van der Waals surface area (Å²) in [5, 5.41) is 24.7. The van der Waals surface area contributed by atoms with E-state index in [1.165, 1.54) is 35.1 Å². The topological polar surface area (TPSA) is 198 Å². The van der Waals surface area contributed by atoms with Gasteiger partial charge in [0, 0.05) is 45.6 Å². The third kappa shape index (κ3) is 10.6. The average Bonchev–Trinajstić information content (AvgIpc) is 3.88. The number of methoxy groups -OCH3 is 1. The van der Waals surface area contributed by atoms with Crippen LogP contribution in [0.15, 0.2) is 0 Å². The standard InChI is InChI=1S/C39H65NO15/c1-18-16-39(17-48-39)36(44)22(5)33(52-26(9)41)20(3)24(7)51-37(45)23(6)34(54-30-15-29(47-13)35(25(8)50-30)53-27(10)42)21(4)32(18)55-38-31(43)28(40(11,12)46)14-19(2)49-38/h18-25,28-35,38,43H,14-17H2,1-13H3/t18-,19?,20-,21+,22+,23+,24+,25?,28?,29?,30?,31?,32-,33-,34-,35?,38?,39+/m0/s1. The fourth-order valence-electron chi connectivity index (χ4n) is 8.73. The maximum atomic E-state index is 14.3. The van der Waals surface area contributed by atoms with Crippen LogP contribution in [0.4, 0.5) is 0 Å². The van der Waals surface area contributed by atoms with Crippen molar-refractivity contribution in [1.29, 1.82) is 0 Å². The normalized spacial score (nSPS) is 45.0. The number of hydrogen-bond acceptors (Lipinski definition) is 15. The molecule has 4 fully saturated rings. The number of carbonyl (C=O) groups is 4. The van der Waals surface area contributed by atoms with E-state index >= 15 is 0 Å². The molecule has 18 atom stereocenters. The van der Waals surface area contributed by atoms with Crippen molar-refractivity contribution in [2.45, 2.75) is 168 Å². The lowest BCUT2D eigenvalue weighted by Crippen LogP contribution is -2.61. The lowest BCUT2D eigenvalue weighted by Gasteiger charge is -2.50. The molecule has 55 heavy (non-hydrogen) atoms. The number of nitrogens with zero attached hydrogens (tertiary/aromatic N) is 1. The van der Waals surface area contributed by atoms with E-state index in [2.05, 4.69) is 0 Å². The van der Waals surface area contributed by atoms with Gasteiger partial charge in [0.1, 0.15) is 24.4 Å². The van der Waals surface area contributed by atoms with Gasteiger partial charge in [-0.1, -0.05) is 27.7 Å². The van der Waals surface area contributed by atoms with Crippen LogP contribution in [0.25, 0.3) is 0 Å². The van der Waals surface area contributed by atoms with E-state index < -0.39 is 131 Å². The van der Waals surface area contributed by atoms with Crippen molar-refractivity contribution in [3.05, 3.63) is 5.21 Å². The van der Waals surface area contributed by atoms with Gasteiger partial charge in [0.25, 0.3) is 0 Å². The van der Waals surface area contributed by atoms with Gasteiger partial charge >= 0.3 is 17.9 Å². The van der Waals surface area contributed by atoms with Gasteiger partial charge < -0.3 is 57.6 Å². The largest absolute Gasteiger partial charge is 0.633 e. The maximum absolute atomic E-state index is 14.3. The number of cyclic esters (lactones) is 1. The minimum atomic E-state index is -1.30. The van der Waals surface area contributed by atoms with Crippen molar-refractivity contribution in [1.82, 2.24) is 0 Å². The zero-order valence-electron chi connectivity index (χ0n) is 34.8. The first-order valence-electron chi connectivity index (χ1n) is 19.6. The van der Waals surface area contributed by atoms with E-state index in [0.717, 1.165) is 0 Å². The number of carbonyl (C=O) groups excluding carboxylic acids is 4. The van der Waals surface area contributed by atoms with Gasteiger partial charge in [0.05, 0.1) is 57.0 Å². The molecule has 1 N–H and O–H groups in total. The van der Waals surface area contributed by atoms with Crippen molar-refractivity contribution in [2.75, 3.05) is 27.8 Å². The minimum Gasteiger partial charge on any atom is -0.633 e. The number of aliphatic hydroxyl groups excluding tert-OH is 1. The summed E-state index contributed by atoms with van der Waals surface area (Å²) in [4.78, 5) is 52.6. The van der Waals surface area contributed by atoms with Gasteiger partial charge in [0.2, 0.25) is 0 Å². The van der Waals surface area contributed by atoms with Gasteiger partial charge in [-0.25, -0.2) is 0 Å². The first-order chi connectivity index (χ1) is 25.5. The summed E-state index contributed by atoms with van der Waals surface area (Å²) >= 11 is 0. The molecule has 4 heterocycles. The highest BCUT2D eigenvalue weighted by atomic mass is 16.7. The van der Waals surface area contributed by atoms with E-state index in [-0.39, 0.29) is 25.2 Å². The number of epoxide rings is 1. The molecule has 0 amide bonds. The number of likely N-dealkylation sites (N-methyl/N-ethyl adjacent to an activating group) is 1. The number of ether oxygens (including phenoxy) is 9. The summed E-state index contributed by atoms with van der Waals surface area (Å²) in [5.74, 6) is -5.39. The number of aliphatic hydroxyl groups is 1. The monoisotopic (exact) mass is 787 g/mol. The Morgan fingerprint density at radius 1 is 0.818 bits per heavy atom. The van der Waals surface area contributed by atoms with E-state index in [1.54, 1.807) is 41.5 Å². The fourth-order valence-corrected chi connectivity index (χ4v) is 8.73. The van der Waals surface area contributed by atoms with Gasteiger partial charge in [-0.15, -0.1) is 0 Å². The zero-order valence-corrected chi connectivity index (χ0v) is 34.8. The van der Waals surface area contributed by atoms with E-state index in [4.69, 9.17) is 42.6 Å². The zero-order chi connectivity index (χ0) is 41.3. The minimum absolute atomic E-state index is 0.142. The highest BCUT2D eigenvalue weighted by Crippen LogP contribution is 2.44. The Balaban J connectivity index is 1.78. The van der Waals surface area contributed by atoms with E-state index in [9.17, 15) is 29.5 Å². The SMILES string of the molecule is COC1CC(O[C@H]2[C@H](C)[C@@H](OC3OC(C)CC([N+](C)(C)[O-])C3O)[C@@H](C)C[C@@]3(CO3)C(=O)[C@H](C)[C@@H](OC(C)=O)[C@@H](C)[C@@H](C)OC(=O)[C@@H]2C)OC(C)C1OC(C)=O. The molecule has 1 spiro atoms. The average molecular weight is 788 g/mol. The molecule has 16 nitrogen and oxygen atoms in total. The molecule has 4 rings (SSSR count). The number of hydroxylamine groups is 3. The van der Waals surface area contributed by atoms with Gasteiger partial charge in [0.15, 0.2) is 36.2 Å². The van der Waals surface area contributed by atoms with Crippen LogP contribution < -0.4 is 0 Å². The first kappa shape index (κ1) is 45.4. The molecule has 4 aliphatic rings. The number of ketones is 1. The third-order valence-electron chi connectivity index (χ3n) is 12.1. The Kier molecular flexibility index (Phi) is 15.0. The molecule has 4 aliphatic heterocycles. The molecule has 0 saturated carbocycles. The lowest BCUT2D eigenvalue weighted by molar-refractivity contribution is -0.874. The first-order valence-corrected chi connectivity index (χ1v) is 19.6. The summed E-state index contributed by atoms with van der Waals surface area (Å²) in [6.07, 6.45) is -8.68. The molecule has 16 heteroatoms. The Morgan fingerprint density at radius 3 is 1.96 bits per heavy atom. The molecule has 0 aromatic carbocycles. The molecule has 0 bridgehead atoms. The van der Waals surface area contributed by atoms with Crippen molar-refractivity contribution < 1.29 is 71.6 Å². The number of rotatable bonds is 8. The van der Waals surface area contributed by atoms with Crippen molar-refractivity contribution in [2.24, 2.45) is 29.6 Å². The molecule has 0 radical (unpaired) electrons. The van der Waals surface area contributed by atoms with Crippen LogP contribution in [0.1, 0.15) is 88.5 Å². The molecular formula is C39H65NO15. The molecule has 316 valence electrons. The molecular weight excluding hydrogens is 722 g/mol. The second-order valence-electron chi connectivity index (χ2n) is 16.9. The van der Waals surface area contributed by atoms with Crippen molar-refractivity contribution in [3.63, 3.8) is 0 Å². The Hall–Kier alpha value is -2.28. The van der Waals surface area contributed by atoms with Crippen molar-refractivity contribution in [3.8, 4) is 0 Å². The number of hydrogen-bond donors (Lipinski definition) is 1. The Bertz CT molecular complexity index is 1350. The van der Waals surface area contributed by atoms with Crippen LogP contribution in [0, 0.1) is 34.8 Å². The molecule has 0 aromatic rings. The van der Waals surface area contributed by atoms with Crippen LogP contribution in [-0.2, 0) is 61.8 Å². The summed E-state index contributed by atoms with van der Waals surface area (Å²) < 4.78 is 54.0. The van der Waals surface area contributed by atoms with Crippen LogP contribution in [0.5, 0.6) is 0 Å². The van der Waals surface area contributed by atoms with Crippen LogP contribution >= 0.6 is 0 Å². The van der Waals surface area contributed by atoms with Gasteiger partial charge in [-0.05, 0) is 40.0 Å². The predicted molar refractivity (Wildman–Crippen MR) is 195 cm³/mol. The lowest BCUT2D eigenvalue weighted by atomic mass is 9.76. The van der Waals surface area contributed by atoms with Crippen LogP contribution in [0.3, 0.4) is 0 Å². The van der Waals surface area contributed by atoms with E-state index in [1.807, 2.05) is 13.8 Å². The molecule has 0 aliphatic carbocycles. The second-order valence-corrected chi connectivity index (χ2v) is 16.9. The number of Topliss-reactive ketones (excluding diaryl/α,β-unsaturated/α-hetero) is 1. The van der Waals surface area contributed by atoms with E-state index in [0.29, 0.717) is 6.42 Å². The summed E-state index contributed by atoms with van der Waals surface area (Å²) in [6, 6.07) is -0.755. The third-order valence-corrected chi connectivity index (χ3v) is 12.1. The highest BCUT2D eigenvalue weighted by Gasteiger charge is 2.58. The smallest absolute Gasteiger partial charge is 0.311 e. The molecule has 4 saturated heterocycles. The summed E-state index contributed by atoms with van der Waals surface area (Å²) in [6.45, 7) is 16.8. The second kappa shape index (κ2) is 18.1. The predicted octanol–water partition coefficient (Wildman–Crippen LogP) is 3.06. The van der Waals surface area contributed by atoms with Gasteiger partial charge in [-0.3, -0.25) is 19.2 Å². The van der Waals surface area contributed by atoms with Crippen molar-refractivity contribution >= 4 is 23.7 Å². The summed E-state index contributed by atoms with van der Waals surface area (Å²) in [5.41, 5.74) is -1.21.